The standard InChI is InChI=1S/C15H17N3O2/c19-11-15(5-6-15)10-17-14(20)12-3-4-13(16-9-12)18-7-1-2-8-18/h1-4,7-9,19H,5-6,10-11H2,(H,17,20). The molecule has 3 rings (SSSR count). The molecule has 1 aliphatic carbocycles. The summed E-state index contributed by atoms with van der Waals surface area (Å²) in [6.45, 7) is 0.666. The number of nitrogens with one attached hydrogen (secondary N) is 1. The molecule has 2 N–H and O–H groups in total. The average molecular weight is 271 g/mol. The molecule has 1 amide bonds. The topological polar surface area (TPSA) is 67.2 Å². The summed E-state index contributed by atoms with van der Waals surface area (Å²) < 4.78 is 1.88. The van der Waals surface area contributed by atoms with Crippen molar-refractivity contribution in [2.45, 2.75) is 12.8 Å². The van der Waals surface area contributed by atoms with Crippen LogP contribution < -0.4 is 5.32 Å². The van der Waals surface area contributed by atoms with E-state index in [1.165, 1.54) is 0 Å². The maximum absolute atomic E-state index is 12.0. The summed E-state index contributed by atoms with van der Waals surface area (Å²) in [6.07, 6.45) is 7.34. The van der Waals surface area contributed by atoms with Gasteiger partial charge in [0.1, 0.15) is 5.82 Å². The molecule has 0 atom stereocenters. The van der Waals surface area contributed by atoms with Crippen LogP contribution in [-0.2, 0) is 0 Å². The first-order chi connectivity index (χ1) is 9.72. The molecule has 20 heavy (non-hydrogen) atoms. The van der Waals surface area contributed by atoms with Crippen LogP contribution in [0.5, 0.6) is 0 Å². The lowest BCUT2D eigenvalue weighted by atomic mass is 10.1. The van der Waals surface area contributed by atoms with Gasteiger partial charge in [0.25, 0.3) is 5.91 Å². The molecule has 0 unspecified atom stereocenters. The monoisotopic (exact) mass is 271 g/mol. The molecule has 0 aromatic carbocycles. The third-order valence-corrected chi connectivity index (χ3v) is 3.80. The number of nitrogens with zero attached hydrogens (tertiary/aromatic N) is 2. The van der Waals surface area contributed by atoms with Gasteiger partial charge in [-0.05, 0) is 37.1 Å². The number of aromatic nitrogens is 2. The van der Waals surface area contributed by atoms with E-state index >= 15 is 0 Å². The molecule has 1 fully saturated rings. The Balaban J connectivity index is 1.64. The molecular formula is C15H17N3O2. The third kappa shape index (κ3) is 2.58. The minimum absolute atomic E-state index is 0.0752. The van der Waals surface area contributed by atoms with Crippen molar-refractivity contribution in [2.75, 3.05) is 13.2 Å². The molecule has 2 aromatic heterocycles. The van der Waals surface area contributed by atoms with Crippen molar-refractivity contribution < 1.29 is 9.90 Å². The second-order valence-corrected chi connectivity index (χ2v) is 5.34. The van der Waals surface area contributed by atoms with E-state index in [4.69, 9.17) is 0 Å². The Kier molecular flexibility index (Phi) is 3.28. The van der Waals surface area contributed by atoms with E-state index in [0.29, 0.717) is 12.1 Å². The maximum atomic E-state index is 12.0. The summed E-state index contributed by atoms with van der Waals surface area (Å²) in [5, 5.41) is 12.1. The Labute approximate surface area is 117 Å². The zero-order valence-electron chi connectivity index (χ0n) is 11.1. The highest BCUT2D eigenvalue weighted by atomic mass is 16.3. The van der Waals surface area contributed by atoms with E-state index in [-0.39, 0.29) is 17.9 Å². The smallest absolute Gasteiger partial charge is 0.252 e. The summed E-state index contributed by atoms with van der Waals surface area (Å²) in [5.41, 5.74) is 0.461. The lowest BCUT2D eigenvalue weighted by molar-refractivity contribution is 0.0935. The van der Waals surface area contributed by atoms with Gasteiger partial charge in [0.2, 0.25) is 0 Å². The summed E-state index contributed by atoms with van der Waals surface area (Å²) in [4.78, 5) is 16.3. The van der Waals surface area contributed by atoms with Crippen molar-refractivity contribution >= 4 is 5.91 Å². The minimum atomic E-state index is -0.142. The molecule has 0 saturated heterocycles. The predicted molar refractivity (Wildman–Crippen MR) is 74.7 cm³/mol. The lowest BCUT2D eigenvalue weighted by Gasteiger charge is -2.12. The van der Waals surface area contributed by atoms with Crippen LogP contribution in [0.1, 0.15) is 23.2 Å². The number of amides is 1. The van der Waals surface area contributed by atoms with E-state index in [1.807, 2.05) is 35.2 Å². The lowest BCUT2D eigenvalue weighted by Crippen LogP contribution is -2.31. The van der Waals surface area contributed by atoms with Crippen LogP contribution in [0.2, 0.25) is 0 Å². The van der Waals surface area contributed by atoms with Crippen molar-refractivity contribution in [3.63, 3.8) is 0 Å². The SMILES string of the molecule is O=C(NCC1(CO)CC1)c1ccc(-n2cccc2)nc1. The zero-order chi connectivity index (χ0) is 14.0. The number of hydrogen-bond donors (Lipinski definition) is 2. The molecule has 2 aromatic rings. The first-order valence-electron chi connectivity index (χ1n) is 6.71. The van der Waals surface area contributed by atoms with E-state index in [0.717, 1.165) is 18.7 Å². The Hall–Kier alpha value is -2.14. The van der Waals surface area contributed by atoms with E-state index in [9.17, 15) is 9.90 Å². The number of rotatable bonds is 5. The first kappa shape index (κ1) is 12.9. The number of aliphatic hydroxyl groups excluding tert-OH is 1. The highest BCUT2D eigenvalue weighted by Crippen LogP contribution is 2.44. The van der Waals surface area contributed by atoms with Crippen molar-refractivity contribution in [2.24, 2.45) is 5.41 Å². The Morgan fingerprint density at radius 1 is 1.35 bits per heavy atom. The normalized spacial score (nSPS) is 15.8. The molecule has 5 nitrogen and oxygen atoms in total. The fourth-order valence-corrected chi connectivity index (χ4v) is 2.10. The van der Waals surface area contributed by atoms with Crippen LogP contribution in [0, 0.1) is 5.41 Å². The third-order valence-electron chi connectivity index (χ3n) is 3.80. The Bertz CT molecular complexity index is 586. The van der Waals surface area contributed by atoms with Crippen LogP contribution in [0.4, 0.5) is 0 Å². The van der Waals surface area contributed by atoms with Gasteiger partial charge in [0, 0.05) is 30.6 Å². The van der Waals surface area contributed by atoms with Crippen molar-refractivity contribution in [1.82, 2.24) is 14.9 Å². The zero-order valence-corrected chi connectivity index (χ0v) is 11.1. The molecule has 2 heterocycles. The van der Waals surface area contributed by atoms with Gasteiger partial charge >= 0.3 is 0 Å². The Morgan fingerprint density at radius 3 is 2.65 bits per heavy atom. The minimum Gasteiger partial charge on any atom is -0.396 e. The second-order valence-electron chi connectivity index (χ2n) is 5.34. The summed E-state index contributed by atoms with van der Waals surface area (Å²) >= 11 is 0. The first-order valence-corrected chi connectivity index (χ1v) is 6.71. The summed E-state index contributed by atoms with van der Waals surface area (Å²) in [6, 6.07) is 7.42. The van der Waals surface area contributed by atoms with Crippen LogP contribution >= 0.6 is 0 Å². The van der Waals surface area contributed by atoms with Crippen LogP contribution in [0.25, 0.3) is 5.82 Å². The van der Waals surface area contributed by atoms with Crippen LogP contribution in [0.15, 0.2) is 42.9 Å². The quantitative estimate of drug-likeness (QED) is 0.863. The van der Waals surface area contributed by atoms with Gasteiger partial charge in [0.15, 0.2) is 0 Å². The number of carbonyl (C=O) groups is 1. The number of carbonyl (C=O) groups excluding carboxylic acids is 1. The summed E-state index contributed by atoms with van der Waals surface area (Å²) in [7, 11) is 0. The van der Waals surface area contributed by atoms with Gasteiger partial charge < -0.3 is 15.0 Å². The molecule has 1 aliphatic rings. The van der Waals surface area contributed by atoms with Crippen LogP contribution in [-0.4, -0.2) is 33.7 Å². The van der Waals surface area contributed by atoms with E-state index in [2.05, 4.69) is 10.3 Å². The van der Waals surface area contributed by atoms with Gasteiger partial charge in [-0.15, -0.1) is 0 Å². The number of aliphatic hydroxyl groups is 1. The van der Waals surface area contributed by atoms with Gasteiger partial charge in [0.05, 0.1) is 12.2 Å². The van der Waals surface area contributed by atoms with Gasteiger partial charge in [-0.25, -0.2) is 4.98 Å². The highest BCUT2D eigenvalue weighted by molar-refractivity contribution is 5.94. The van der Waals surface area contributed by atoms with Gasteiger partial charge in [-0.1, -0.05) is 0 Å². The van der Waals surface area contributed by atoms with E-state index in [1.54, 1.807) is 12.3 Å². The fraction of sp³-hybridized carbons (Fsp3) is 0.333. The van der Waals surface area contributed by atoms with Crippen molar-refractivity contribution in [1.29, 1.82) is 0 Å². The van der Waals surface area contributed by atoms with Crippen molar-refractivity contribution in [3.05, 3.63) is 48.4 Å². The predicted octanol–water partition coefficient (Wildman–Crippen LogP) is 1.37. The van der Waals surface area contributed by atoms with Gasteiger partial charge in [-0.3, -0.25) is 4.79 Å². The second kappa shape index (κ2) is 5.09. The molecule has 0 radical (unpaired) electrons. The molecule has 0 bridgehead atoms. The van der Waals surface area contributed by atoms with E-state index < -0.39 is 0 Å². The molecule has 1 saturated carbocycles. The Morgan fingerprint density at radius 2 is 2.10 bits per heavy atom. The maximum Gasteiger partial charge on any atom is 0.252 e. The molecule has 0 spiro atoms. The van der Waals surface area contributed by atoms with Crippen LogP contribution in [0.3, 0.4) is 0 Å². The number of hydrogen-bond acceptors (Lipinski definition) is 3. The molecule has 0 aliphatic heterocycles. The van der Waals surface area contributed by atoms with Crippen molar-refractivity contribution in [3.8, 4) is 5.82 Å². The molecule has 104 valence electrons. The number of pyridine rings is 1. The summed E-state index contributed by atoms with van der Waals surface area (Å²) in [5.74, 6) is 0.636. The fourth-order valence-electron chi connectivity index (χ4n) is 2.10. The largest absolute Gasteiger partial charge is 0.396 e. The molecule has 5 heteroatoms. The average Bonchev–Trinajstić information content (AvgIpc) is 3.07. The van der Waals surface area contributed by atoms with Gasteiger partial charge in [-0.2, -0.15) is 0 Å². The molecular weight excluding hydrogens is 254 g/mol. The highest BCUT2D eigenvalue weighted by Gasteiger charge is 2.42.